The number of hydrogen-bond acceptors (Lipinski definition) is 3. The van der Waals surface area contributed by atoms with Gasteiger partial charge in [-0.2, -0.15) is 0 Å². The zero-order valence-electron chi connectivity index (χ0n) is 8.83. The van der Waals surface area contributed by atoms with E-state index in [9.17, 15) is 12.8 Å². The van der Waals surface area contributed by atoms with Crippen molar-refractivity contribution in [1.29, 1.82) is 0 Å². The van der Waals surface area contributed by atoms with E-state index in [1.54, 1.807) is 7.05 Å². The lowest BCUT2D eigenvalue weighted by Gasteiger charge is -2.10. The van der Waals surface area contributed by atoms with Crippen molar-refractivity contribution < 1.29 is 12.8 Å². The molecule has 6 heteroatoms. The summed E-state index contributed by atoms with van der Waals surface area (Å²) in [5, 5.41) is 2.74. The topological polar surface area (TPSA) is 58.2 Å². The summed E-state index contributed by atoms with van der Waals surface area (Å²) >= 11 is 0. The smallest absolute Gasteiger partial charge is 0.242 e. The maximum Gasteiger partial charge on any atom is 0.242 e. The van der Waals surface area contributed by atoms with Gasteiger partial charge in [-0.15, -0.1) is 0 Å². The van der Waals surface area contributed by atoms with E-state index in [4.69, 9.17) is 0 Å². The molecule has 0 aliphatic heterocycles. The lowest BCUT2D eigenvalue weighted by molar-refractivity contribution is 0.577. The van der Waals surface area contributed by atoms with Crippen LogP contribution >= 0.6 is 0 Å². The number of benzene rings is 1. The van der Waals surface area contributed by atoms with E-state index >= 15 is 0 Å². The van der Waals surface area contributed by atoms with Crippen molar-refractivity contribution in [2.24, 2.45) is 0 Å². The first-order valence-corrected chi connectivity index (χ1v) is 6.51. The van der Waals surface area contributed by atoms with Gasteiger partial charge < -0.3 is 5.32 Å². The number of anilines is 1. The molecule has 1 aromatic rings. The molecule has 88 valence electrons. The first kappa shape index (κ1) is 11.3. The Labute approximate surface area is 93.9 Å². The highest BCUT2D eigenvalue weighted by molar-refractivity contribution is 7.89. The largest absolute Gasteiger partial charge is 0.387 e. The van der Waals surface area contributed by atoms with Crippen LogP contribution in [0.15, 0.2) is 23.1 Å². The molecule has 1 fully saturated rings. The van der Waals surface area contributed by atoms with E-state index in [1.165, 1.54) is 12.1 Å². The van der Waals surface area contributed by atoms with Gasteiger partial charge in [0.15, 0.2) is 0 Å². The Kier molecular flexibility index (Phi) is 2.86. The van der Waals surface area contributed by atoms with Gasteiger partial charge >= 0.3 is 0 Å². The van der Waals surface area contributed by atoms with Crippen LogP contribution in [0.2, 0.25) is 0 Å². The summed E-state index contributed by atoms with van der Waals surface area (Å²) < 4.78 is 39.4. The molecule has 4 nitrogen and oxygen atoms in total. The molecule has 1 saturated carbocycles. The third kappa shape index (κ3) is 2.33. The van der Waals surface area contributed by atoms with Crippen LogP contribution in [0.5, 0.6) is 0 Å². The van der Waals surface area contributed by atoms with E-state index in [1.807, 2.05) is 0 Å². The summed E-state index contributed by atoms with van der Waals surface area (Å²) in [5.74, 6) is -0.560. The zero-order valence-corrected chi connectivity index (χ0v) is 9.64. The van der Waals surface area contributed by atoms with Gasteiger partial charge in [0.2, 0.25) is 10.0 Å². The minimum atomic E-state index is -3.61. The molecule has 0 atom stereocenters. The molecule has 0 radical (unpaired) electrons. The number of nitrogens with one attached hydrogen (secondary N) is 2. The molecule has 16 heavy (non-hydrogen) atoms. The fourth-order valence-corrected chi connectivity index (χ4v) is 2.94. The van der Waals surface area contributed by atoms with E-state index in [-0.39, 0.29) is 10.9 Å². The van der Waals surface area contributed by atoms with Gasteiger partial charge in [-0.3, -0.25) is 0 Å². The zero-order chi connectivity index (χ0) is 11.8. The summed E-state index contributed by atoms with van der Waals surface area (Å²) in [7, 11) is -2.01. The van der Waals surface area contributed by atoms with Crippen LogP contribution in [0.3, 0.4) is 0 Å². The minimum absolute atomic E-state index is 0.0120. The van der Waals surface area contributed by atoms with Crippen molar-refractivity contribution in [1.82, 2.24) is 4.72 Å². The van der Waals surface area contributed by atoms with Gasteiger partial charge in [0.25, 0.3) is 0 Å². The Hall–Kier alpha value is -1.14. The fraction of sp³-hybridized carbons (Fsp3) is 0.400. The number of sulfonamides is 1. The van der Waals surface area contributed by atoms with Crippen LogP contribution in [0.1, 0.15) is 12.8 Å². The van der Waals surface area contributed by atoms with Crippen LogP contribution in [0.4, 0.5) is 10.1 Å². The van der Waals surface area contributed by atoms with E-state index in [0.717, 1.165) is 18.9 Å². The monoisotopic (exact) mass is 244 g/mol. The van der Waals surface area contributed by atoms with Crippen LogP contribution < -0.4 is 10.0 Å². The van der Waals surface area contributed by atoms with E-state index in [0.29, 0.717) is 5.69 Å². The summed E-state index contributed by atoms with van der Waals surface area (Å²) in [6.45, 7) is 0. The summed E-state index contributed by atoms with van der Waals surface area (Å²) in [5.41, 5.74) is 0.398. The molecule has 1 aromatic carbocycles. The van der Waals surface area contributed by atoms with Gasteiger partial charge in [0.05, 0.1) is 5.69 Å². The number of rotatable bonds is 4. The van der Waals surface area contributed by atoms with Gasteiger partial charge in [-0.1, -0.05) is 0 Å². The maximum absolute atomic E-state index is 13.0. The molecule has 0 spiro atoms. The standard InChI is InChI=1S/C10H13FN2O2S/c1-12-9-5-2-7(11)6-10(9)16(14,15)13-8-3-4-8/h2,5-6,8,12-13H,3-4H2,1H3. The highest BCUT2D eigenvalue weighted by Crippen LogP contribution is 2.26. The van der Waals surface area contributed by atoms with E-state index in [2.05, 4.69) is 10.0 Å². The third-order valence-electron chi connectivity index (χ3n) is 2.40. The first-order chi connectivity index (χ1) is 7.53. The van der Waals surface area contributed by atoms with Crippen molar-refractivity contribution in [3.63, 3.8) is 0 Å². The van der Waals surface area contributed by atoms with Crippen molar-refractivity contribution in [2.75, 3.05) is 12.4 Å². The second kappa shape index (κ2) is 4.03. The Balaban J connectivity index is 2.40. The Morgan fingerprint density at radius 1 is 1.38 bits per heavy atom. The predicted molar refractivity (Wildman–Crippen MR) is 59.3 cm³/mol. The Bertz CT molecular complexity index is 498. The number of hydrogen-bond donors (Lipinski definition) is 2. The van der Waals surface area contributed by atoms with Crippen molar-refractivity contribution >= 4 is 15.7 Å². The van der Waals surface area contributed by atoms with Crippen LogP contribution in [0, 0.1) is 5.82 Å². The average molecular weight is 244 g/mol. The SMILES string of the molecule is CNc1ccc(F)cc1S(=O)(=O)NC1CC1. The predicted octanol–water partition coefficient (Wildman–Crippen LogP) is 1.31. The lowest BCUT2D eigenvalue weighted by Crippen LogP contribution is -2.26. The highest BCUT2D eigenvalue weighted by atomic mass is 32.2. The maximum atomic E-state index is 13.0. The van der Waals surface area contributed by atoms with Gasteiger partial charge in [-0.25, -0.2) is 17.5 Å². The quantitative estimate of drug-likeness (QED) is 0.839. The molecule has 0 unspecified atom stereocenters. The third-order valence-corrected chi connectivity index (χ3v) is 3.96. The molecular weight excluding hydrogens is 231 g/mol. The average Bonchev–Trinajstić information content (AvgIpc) is 3.01. The van der Waals surface area contributed by atoms with Crippen LogP contribution in [-0.2, 0) is 10.0 Å². The van der Waals surface area contributed by atoms with Crippen molar-refractivity contribution in [3.05, 3.63) is 24.0 Å². The molecule has 1 aliphatic rings. The van der Waals surface area contributed by atoms with Crippen molar-refractivity contribution in [3.8, 4) is 0 Å². The fourth-order valence-electron chi connectivity index (χ4n) is 1.41. The molecule has 0 amide bonds. The second-order valence-corrected chi connectivity index (χ2v) is 5.47. The Morgan fingerprint density at radius 2 is 2.06 bits per heavy atom. The Morgan fingerprint density at radius 3 is 2.62 bits per heavy atom. The van der Waals surface area contributed by atoms with Crippen molar-refractivity contribution in [2.45, 2.75) is 23.8 Å². The number of halogens is 1. The highest BCUT2D eigenvalue weighted by Gasteiger charge is 2.29. The lowest BCUT2D eigenvalue weighted by atomic mass is 10.3. The molecule has 0 saturated heterocycles. The normalized spacial score (nSPS) is 16.1. The second-order valence-electron chi connectivity index (χ2n) is 3.79. The van der Waals surface area contributed by atoms with Gasteiger partial charge in [0.1, 0.15) is 10.7 Å². The first-order valence-electron chi connectivity index (χ1n) is 5.02. The molecule has 2 rings (SSSR count). The molecule has 0 bridgehead atoms. The molecule has 1 aliphatic carbocycles. The van der Waals surface area contributed by atoms with Crippen LogP contribution in [0.25, 0.3) is 0 Å². The molecule has 2 N–H and O–H groups in total. The minimum Gasteiger partial charge on any atom is -0.387 e. The van der Waals surface area contributed by atoms with Crippen LogP contribution in [-0.4, -0.2) is 21.5 Å². The van der Waals surface area contributed by atoms with Gasteiger partial charge in [-0.05, 0) is 31.0 Å². The molecule has 0 heterocycles. The summed E-state index contributed by atoms with van der Waals surface area (Å²) in [6.07, 6.45) is 1.70. The summed E-state index contributed by atoms with van der Waals surface area (Å²) in [4.78, 5) is -0.0399. The van der Waals surface area contributed by atoms with E-state index < -0.39 is 15.8 Å². The molecular formula is C10H13FN2O2S. The van der Waals surface area contributed by atoms with Gasteiger partial charge in [0, 0.05) is 13.1 Å². The molecule has 0 aromatic heterocycles. The summed E-state index contributed by atoms with van der Waals surface area (Å²) in [6, 6.07) is 3.67.